The molecule has 2 atom stereocenters. The minimum atomic E-state index is 0.0686. The molecule has 102 valence electrons. The Morgan fingerprint density at radius 2 is 2.32 bits per heavy atom. The van der Waals surface area contributed by atoms with E-state index < -0.39 is 0 Å². The molecule has 19 heavy (non-hydrogen) atoms. The van der Waals surface area contributed by atoms with Gasteiger partial charge in [-0.3, -0.25) is 4.79 Å². The van der Waals surface area contributed by atoms with Gasteiger partial charge in [0.05, 0.1) is 5.25 Å². The van der Waals surface area contributed by atoms with Crippen LogP contribution in [0.5, 0.6) is 0 Å². The van der Waals surface area contributed by atoms with Gasteiger partial charge in [-0.25, -0.2) is 0 Å². The highest BCUT2D eigenvalue weighted by Gasteiger charge is 2.27. The van der Waals surface area contributed by atoms with Crippen molar-refractivity contribution in [2.75, 3.05) is 19.6 Å². The lowest BCUT2D eigenvalue weighted by atomic mass is 10.1. The molecule has 3 rings (SSSR count). The van der Waals surface area contributed by atoms with E-state index in [-0.39, 0.29) is 11.2 Å². The second-order valence-corrected chi connectivity index (χ2v) is 6.60. The summed E-state index contributed by atoms with van der Waals surface area (Å²) in [6.07, 6.45) is 3.22. The van der Waals surface area contributed by atoms with Crippen molar-refractivity contribution in [3.05, 3.63) is 29.8 Å². The molecule has 1 saturated heterocycles. The Hall–Kier alpha value is -1.00. The first-order chi connectivity index (χ1) is 9.33. The average molecular weight is 276 g/mol. The number of fused-ring (bicyclic) bond motifs is 1. The summed E-state index contributed by atoms with van der Waals surface area (Å²) in [5.41, 5.74) is 1.31. The highest BCUT2D eigenvalue weighted by molar-refractivity contribution is 8.01. The summed E-state index contributed by atoms with van der Waals surface area (Å²) in [5, 5.41) is 6.53. The second kappa shape index (κ2) is 5.97. The topological polar surface area (TPSA) is 41.1 Å². The fraction of sp³-hybridized carbons (Fsp3) is 0.533. The monoisotopic (exact) mass is 276 g/mol. The average Bonchev–Trinajstić information content (AvgIpc) is 3.07. The number of benzene rings is 1. The van der Waals surface area contributed by atoms with Crippen molar-refractivity contribution in [3.8, 4) is 0 Å². The molecular weight excluding hydrogens is 256 g/mol. The van der Waals surface area contributed by atoms with Gasteiger partial charge in [-0.05, 0) is 49.9 Å². The van der Waals surface area contributed by atoms with Crippen LogP contribution in [-0.4, -0.2) is 30.8 Å². The maximum absolute atomic E-state index is 12.1. The summed E-state index contributed by atoms with van der Waals surface area (Å²) < 4.78 is 0. The first-order valence-electron chi connectivity index (χ1n) is 7.06. The fourth-order valence-corrected chi connectivity index (χ4v) is 4.02. The molecule has 0 saturated carbocycles. The quantitative estimate of drug-likeness (QED) is 0.881. The summed E-state index contributed by atoms with van der Waals surface area (Å²) in [6.45, 7) is 3.06. The zero-order chi connectivity index (χ0) is 13.1. The number of hydrogen-bond acceptors (Lipinski definition) is 3. The van der Waals surface area contributed by atoms with Gasteiger partial charge >= 0.3 is 0 Å². The van der Waals surface area contributed by atoms with Crippen LogP contribution in [0, 0.1) is 5.92 Å². The van der Waals surface area contributed by atoms with Crippen molar-refractivity contribution in [2.24, 2.45) is 5.92 Å². The Labute approximate surface area is 118 Å². The van der Waals surface area contributed by atoms with Crippen LogP contribution in [0.2, 0.25) is 0 Å². The Morgan fingerprint density at radius 1 is 1.42 bits per heavy atom. The van der Waals surface area contributed by atoms with Crippen LogP contribution in [0.1, 0.15) is 18.4 Å². The molecule has 4 heteroatoms. The van der Waals surface area contributed by atoms with Gasteiger partial charge in [0.25, 0.3) is 0 Å². The molecule has 2 unspecified atom stereocenters. The number of amides is 1. The molecule has 1 aromatic carbocycles. The van der Waals surface area contributed by atoms with Crippen molar-refractivity contribution < 1.29 is 4.79 Å². The van der Waals surface area contributed by atoms with E-state index in [1.54, 1.807) is 11.8 Å². The van der Waals surface area contributed by atoms with E-state index in [0.29, 0.717) is 0 Å². The van der Waals surface area contributed by atoms with Crippen LogP contribution in [-0.2, 0) is 11.2 Å². The predicted molar refractivity (Wildman–Crippen MR) is 78.4 cm³/mol. The molecule has 1 aromatic rings. The van der Waals surface area contributed by atoms with Gasteiger partial charge in [0.15, 0.2) is 0 Å². The zero-order valence-electron chi connectivity index (χ0n) is 11.0. The number of hydrogen-bond donors (Lipinski definition) is 2. The molecule has 0 aliphatic carbocycles. The first kappa shape index (κ1) is 13.0. The molecular formula is C15H20N2OS. The molecule has 3 nitrogen and oxygen atoms in total. The minimum Gasteiger partial charge on any atom is -0.355 e. The van der Waals surface area contributed by atoms with Gasteiger partial charge in [0, 0.05) is 11.4 Å². The molecule has 1 amide bonds. The van der Waals surface area contributed by atoms with E-state index in [9.17, 15) is 4.79 Å². The summed E-state index contributed by atoms with van der Waals surface area (Å²) in [5.74, 6) is 0.945. The summed E-state index contributed by atoms with van der Waals surface area (Å²) in [7, 11) is 0. The fourth-order valence-electron chi connectivity index (χ4n) is 2.80. The molecule has 2 aliphatic heterocycles. The van der Waals surface area contributed by atoms with Crippen molar-refractivity contribution in [1.82, 2.24) is 10.6 Å². The molecule has 2 aliphatic rings. The lowest BCUT2D eigenvalue weighted by Gasteiger charge is -2.12. The lowest BCUT2D eigenvalue weighted by molar-refractivity contribution is -0.120. The van der Waals surface area contributed by atoms with Crippen molar-refractivity contribution in [2.45, 2.75) is 29.4 Å². The number of carbonyl (C=O) groups is 1. The van der Waals surface area contributed by atoms with Gasteiger partial charge in [-0.1, -0.05) is 18.2 Å². The molecule has 1 fully saturated rings. The summed E-state index contributed by atoms with van der Waals surface area (Å²) in [6, 6.07) is 8.32. The Balaban J connectivity index is 1.44. The van der Waals surface area contributed by atoms with Crippen LogP contribution in [0.15, 0.2) is 29.2 Å². The van der Waals surface area contributed by atoms with Gasteiger partial charge < -0.3 is 10.6 Å². The molecule has 2 heterocycles. The Kier molecular flexibility index (Phi) is 4.09. The largest absolute Gasteiger partial charge is 0.355 e. The highest BCUT2D eigenvalue weighted by atomic mass is 32.2. The van der Waals surface area contributed by atoms with Gasteiger partial charge in [0.1, 0.15) is 0 Å². The standard InChI is InChI=1S/C15H20N2OS/c18-15(17-8-6-11-5-7-16-10-11)14-9-12-3-1-2-4-13(12)19-14/h1-4,11,14,16H,5-10H2,(H,17,18). The third-order valence-electron chi connectivity index (χ3n) is 3.95. The smallest absolute Gasteiger partial charge is 0.233 e. The molecule has 0 aromatic heterocycles. The zero-order valence-corrected chi connectivity index (χ0v) is 11.8. The number of carbonyl (C=O) groups excluding carboxylic acids is 1. The maximum Gasteiger partial charge on any atom is 0.233 e. The Morgan fingerprint density at radius 3 is 3.11 bits per heavy atom. The molecule has 2 N–H and O–H groups in total. The van der Waals surface area contributed by atoms with Crippen molar-refractivity contribution in [3.63, 3.8) is 0 Å². The summed E-state index contributed by atoms with van der Waals surface area (Å²) >= 11 is 1.70. The predicted octanol–water partition coefficient (Wildman–Crippen LogP) is 1.82. The van der Waals surface area contributed by atoms with Gasteiger partial charge in [-0.15, -0.1) is 11.8 Å². The van der Waals surface area contributed by atoms with E-state index in [2.05, 4.69) is 22.8 Å². The number of thioether (sulfide) groups is 1. The van der Waals surface area contributed by atoms with E-state index >= 15 is 0 Å². The van der Waals surface area contributed by atoms with Crippen LogP contribution in [0.3, 0.4) is 0 Å². The third-order valence-corrected chi connectivity index (χ3v) is 5.27. The minimum absolute atomic E-state index is 0.0686. The lowest BCUT2D eigenvalue weighted by Crippen LogP contribution is -2.34. The van der Waals surface area contributed by atoms with E-state index in [4.69, 9.17) is 0 Å². The van der Waals surface area contributed by atoms with Crippen LogP contribution in [0.4, 0.5) is 0 Å². The van der Waals surface area contributed by atoms with Gasteiger partial charge in [-0.2, -0.15) is 0 Å². The first-order valence-corrected chi connectivity index (χ1v) is 7.94. The number of rotatable bonds is 4. The van der Waals surface area contributed by atoms with Crippen LogP contribution >= 0.6 is 11.8 Å². The Bertz CT molecular complexity index is 432. The van der Waals surface area contributed by atoms with Crippen LogP contribution < -0.4 is 10.6 Å². The second-order valence-electron chi connectivity index (χ2n) is 5.36. The molecule has 0 bridgehead atoms. The van der Waals surface area contributed by atoms with E-state index in [1.807, 2.05) is 12.1 Å². The van der Waals surface area contributed by atoms with E-state index in [1.165, 1.54) is 16.9 Å². The highest BCUT2D eigenvalue weighted by Crippen LogP contribution is 2.36. The van der Waals surface area contributed by atoms with Crippen LogP contribution in [0.25, 0.3) is 0 Å². The summed E-state index contributed by atoms with van der Waals surface area (Å²) in [4.78, 5) is 13.4. The van der Waals surface area contributed by atoms with Crippen molar-refractivity contribution >= 4 is 17.7 Å². The molecule has 0 spiro atoms. The van der Waals surface area contributed by atoms with Crippen molar-refractivity contribution in [1.29, 1.82) is 0 Å². The number of nitrogens with one attached hydrogen (secondary N) is 2. The van der Waals surface area contributed by atoms with E-state index in [0.717, 1.165) is 38.4 Å². The normalized spacial score (nSPS) is 25.3. The SMILES string of the molecule is O=C(NCCC1CCNC1)C1Cc2ccccc2S1. The maximum atomic E-state index is 12.1. The third kappa shape index (κ3) is 3.12. The van der Waals surface area contributed by atoms with Gasteiger partial charge in [0.2, 0.25) is 5.91 Å². The molecule has 0 radical (unpaired) electrons.